The minimum Gasteiger partial charge on any atom is -0.508 e. The summed E-state index contributed by atoms with van der Waals surface area (Å²) < 4.78 is 10.7. The van der Waals surface area contributed by atoms with Gasteiger partial charge >= 0.3 is 5.97 Å². The second-order valence-corrected chi connectivity index (χ2v) is 6.45. The van der Waals surface area contributed by atoms with Crippen molar-refractivity contribution in [1.29, 1.82) is 0 Å². The van der Waals surface area contributed by atoms with Gasteiger partial charge in [0.15, 0.2) is 0 Å². The Morgan fingerprint density at radius 2 is 1.71 bits per heavy atom. The molecule has 0 bridgehead atoms. The molecule has 0 saturated carbocycles. The van der Waals surface area contributed by atoms with Crippen LogP contribution in [0.1, 0.15) is 30.9 Å². The molecule has 28 heavy (non-hydrogen) atoms. The molecule has 1 atom stereocenters. The molecule has 0 radical (unpaired) electrons. The maximum Gasteiger partial charge on any atom is 0.329 e. The lowest BCUT2D eigenvalue weighted by molar-refractivity contribution is -0.149. The summed E-state index contributed by atoms with van der Waals surface area (Å²) in [5.41, 5.74) is 1.68. The monoisotopic (exact) mass is 385 g/mol. The molecular weight excluding hydrogens is 358 g/mol. The van der Waals surface area contributed by atoms with Gasteiger partial charge in [-0.05, 0) is 29.7 Å². The second-order valence-electron chi connectivity index (χ2n) is 6.45. The molecule has 0 aliphatic rings. The Morgan fingerprint density at radius 3 is 2.39 bits per heavy atom. The molecule has 0 spiro atoms. The molecule has 2 rings (SSSR count). The zero-order valence-electron chi connectivity index (χ0n) is 16.1. The van der Waals surface area contributed by atoms with E-state index >= 15 is 0 Å². The lowest BCUT2D eigenvalue weighted by Crippen LogP contribution is -2.43. The summed E-state index contributed by atoms with van der Waals surface area (Å²) in [7, 11) is 0. The molecule has 1 amide bonds. The molecule has 6 heteroatoms. The Morgan fingerprint density at radius 1 is 1.00 bits per heavy atom. The number of phenolic OH excluding ortho intramolecular Hbond substituents is 1. The lowest BCUT2D eigenvalue weighted by Gasteiger charge is -2.18. The van der Waals surface area contributed by atoms with E-state index in [4.69, 9.17) is 9.47 Å². The van der Waals surface area contributed by atoms with Crippen molar-refractivity contribution in [2.75, 3.05) is 13.2 Å². The summed E-state index contributed by atoms with van der Waals surface area (Å²) in [4.78, 5) is 24.8. The van der Waals surface area contributed by atoms with E-state index in [1.165, 1.54) is 0 Å². The van der Waals surface area contributed by atoms with E-state index in [1.54, 1.807) is 24.3 Å². The largest absolute Gasteiger partial charge is 0.508 e. The highest BCUT2D eigenvalue weighted by atomic mass is 16.5. The number of rotatable bonds is 11. The van der Waals surface area contributed by atoms with Crippen LogP contribution in [0.2, 0.25) is 0 Å². The van der Waals surface area contributed by atoms with Gasteiger partial charge in [-0.2, -0.15) is 0 Å². The average molecular weight is 385 g/mol. The second kappa shape index (κ2) is 11.8. The van der Waals surface area contributed by atoms with Crippen molar-refractivity contribution in [2.24, 2.45) is 0 Å². The van der Waals surface area contributed by atoms with Gasteiger partial charge < -0.3 is 19.9 Å². The fraction of sp³-hybridized carbons (Fsp3) is 0.364. The number of esters is 1. The quantitative estimate of drug-likeness (QED) is 0.459. The Kier molecular flexibility index (Phi) is 9.01. The number of nitrogens with one attached hydrogen (secondary N) is 1. The standard InChI is InChI=1S/C22H27NO5/c1-2-13-27-14-12-21(25)23-20(15-17-8-10-19(24)11-9-17)22(26)28-16-18-6-4-3-5-7-18/h3-11,20,24H,2,12-16H2,1H3,(H,23,25)/t20-/m0/s1. The van der Waals surface area contributed by atoms with Crippen LogP contribution in [-0.2, 0) is 32.1 Å². The third-order valence-corrected chi connectivity index (χ3v) is 4.04. The number of carbonyl (C=O) groups excluding carboxylic acids is 2. The lowest BCUT2D eigenvalue weighted by atomic mass is 10.1. The Bertz CT molecular complexity index is 730. The van der Waals surface area contributed by atoms with Crippen LogP contribution in [0.25, 0.3) is 0 Å². The highest BCUT2D eigenvalue weighted by molar-refractivity contribution is 5.84. The SMILES string of the molecule is CCCOCCC(=O)N[C@@H](Cc1ccc(O)cc1)C(=O)OCc1ccccc1. The summed E-state index contributed by atoms with van der Waals surface area (Å²) in [6, 6.07) is 15.1. The van der Waals surface area contributed by atoms with Crippen LogP contribution in [0.4, 0.5) is 0 Å². The Balaban J connectivity index is 1.96. The van der Waals surface area contributed by atoms with Crippen molar-refractivity contribution < 1.29 is 24.2 Å². The van der Waals surface area contributed by atoms with E-state index in [0.29, 0.717) is 13.2 Å². The van der Waals surface area contributed by atoms with Gasteiger partial charge in [0.2, 0.25) is 5.91 Å². The third-order valence-electron chi connectivity index (χ3n) is 4.04. The first-order valence-electron chi connectivity index (χ1n) is 9.44. The van der Waals surface area contributed by atoms with E-state index < -0.39 is 12.0 Å². The number of hydrogen-bond donors (Lipinski definition) is 2. The number of phenols is 1. The molecule has 2 aromatic carbocycles. The summed E-state index contributed by atoms with van der Waals surface area (Å²) in [5, 5.41) is 12.2. The van der Waals surface area contributed by atoms with Gasteiger partial charge in [0.25, 0.3) is 0 Å². The first-order chi connectivity index (χ1) is 13.6. The van der Waals surface area contributed by atoms with Gasteiger partial charge in [0.1, 0.15) is 18.4 Å². The highest BCUT2D eigenvalue weighted by Gasteiger charge is 2.23. The Hall–Kier alpha value is -2.86. The van der Waals surface area contributed by atoms with E-state index in [0.717, 1.165) is 17.5 Å². The maximum absolute atomic E-state index is 12.6. The first-order valence-corrected chi connectivity index (χ1v) is 9.44. The van der Waals surface area contributed by atoms with Crippen molar-refractivity contribution >= 4 is 11.9 Å². The minimum atomic E-state index is -0.813. The molecule has 2 N–H and O–H groups in total. The number of benzene rings is 2. The van der Waals surface area contributed by atoms with Crippen molar-refractivity contribution in [3.63, 3.8) is 0 Å². The normalized spacial score (nSPS) is 11.6. The zero-order chi connectivity index (χ0) is 20.2. The van der Waals surface area contributed by atoms with Crippen LogP contribution in [-0.4, -0.2) is 36.2 Å². The van der Waals surface area contributed by atoms with Gasteiger partial charge in [0.05, 0.1) is 6.61 Å². The third kappa shape index (κ3) is 7.80. The molecule has 2 aromatic rings. The first kappa shape index (κ1) is 21.4. The molecule has 0 unspecified atom stereocenters. The van der Waals surface area contributed by atoms with Crippen molar-refractivity contribution in [2.45, 2.75) is 38.8 Å². The maximum atomic E-state index is 12.6. The van der Waals surface area contributed by atoms with Crippen LogP contribution < -0.4 is 5.32 Å². The van der Waals surface area contributed by atoms with Crippen molar-refractivity contribution in [3.8, 4) is 5.75 Å². The fourth-order valence-corrected chi connectivity index (χ4v) is 2.57. The average Bonchev–Trinajstić information content (AvgIpc) is 2.71. The van der Waals surface area contributed by atoms with Crippen molar-refractivity contribution in [1.82, 2.24) is 5.32 Å². The summed E-state index contributed by atoms with van der Waals surface area (Å²) in [6.45, 7) is 3.05. The van der Waals surface area contributed by atoms with Crippen LogP contribution in [0.15, 0.2) is 54.6 Å². The van der Waals surface area contributed by atoms with Gasteiger partial charge in [-0.25, -0.2) is 4.79 Å². The Labute approximate surface area is 165 Å². The fourth-order valence-electron chi connectivity index (χ4n) is 2.57. The molecule has 0 aromatic heterocycles. The van der Waals surface area contributed by atoms with Crippen LogP contribution in [0.5, 0.6) is 5.75 Å². The van der Waals surface area contributed by atoms with E-state index in [2.05, 4.69) is 5.32 Å². The van der Waals surface area contributed by atoms with E-state index in [9.17, 15) is 14.7 Å². The van der Waals surface area contributed by atoms with E-state index in [-0.39, 0.29) is 31.1 Å². The number of amides is 1. The zero-order valence-corrected chi connectivity index (χ0v) is 16.1. The topological polar surface area (TPSA) is 84.9 Å². The molecule has 0 aliphatic carbocycles. The summed E-state index contributed by atoms with van der Waals surface area (Å²) >= 11 is 0. The van der Waals surface area contributed by atoms with Crippen LogP contribution >= 0.6 is 0 Å². The highest BCUT2D eigenvalue weighted by Crippen LogP contribution is 2.12. The molecule has 6 nitrogen and oxygen atoms in total. The van der Waals surface area contributed by atoms with Gasteiger partial charge in [-0.15, -0.1) is 0 Å². The number of hydrogen-bond acceptors (Lipinski definition) is 5. The van der Waals surface area contributed by atoms with Gasteiger partial charge in [-0.1, -0.05) is 49.4 Å². The molecule has 0 saturated heterocycles. The smallest absolute Gasteiger partial charge is 0.329 e. The number of carbonyl (C=O) groups is 2. The van der Waals surface area contributed by atoms with Gasteiger partial charge in [0, 0.05) is 19.4 Å². The number of aromatic hydroxyl groups is 1. The summed E-state index contributed by atoms with van der Waals surface area (Å²) in [6.07, 6.45) is 1.34. The van der Waals surface area contributed by atoms with E-state index in [1.807, 2.05) is 37.3 Å². The predicted octanol–water partition coefficient (Wildman–Crippen LogP) is 2.98. The molecule has 0 aliphatic heterocycles. The van der Waals surface area contributed by atoms with Gasteiger partial charge in [-0.3, -0.25) is 4.79 Å². The molecular formula is C22H27NO5. The van der Waals surface area contributed by atoms with Crippen molar-refractivity contribution in [3.05, 3.63) is 65.7 Å². The van der Waals surface area contributed by atoms with Crippen LogP contribution in [0.3, 0.4) is 0 Å². The molecule has 0 heterocycles. The molecule has 0 fully saturated rings. The van der Waals surface area contributed by atoms with Crippen LogP contribution in [0, 0.1) is 0 Å². The predicted molar refractivity (Wildman–Crippen MR) is 106 cm³/mol. The number of ether oxygens (including phenoxy) is 2. The minimum absolute atomic E-state index is 0.140. The molecule has 150 valence electrons. The summed E-state index contributed by atoms with van der Waals surface area (Å²) in [5.74, 6) is -0.625.